The molecule has 78 valence electrons. The molecule has 0 fully saturated rings. The van der Waals surface area contributed by atoms with Crippen LogP contribution in [0, 0.1) is 0 Å². The molecule has 0 amide bonds. The van der Waals surface area contributed by atoms with Crippen molar-refractivity contribution in [3.05, 3.63) is 35.4 Å². The summed E-state index contributed by atoms with van der Waals surface area (Å²) in [5, 5.41) is 8.44. The third-order valence-corrected chi connectivity index (χ3v) is 1.90. The molecule has 4 nitrogen and oxygen atoms in total. The monoisotopic (exact) mass is 206 g/mol. The van der Waals surface area contributed by atoms with Crippen LogP contribution < -0.4 is 0 Å². The number of benzene rings is 1. The Bertz CT molecular complexity index is 420. The molecule has 0 bridgehead atoms. The van der Waals surface area contributed by atoms with Crippen molar-refractivity contribution in [2.45, 2.75) is 13.3 Å². The van der Waals surface area contributed by atoms with Crippen LogP contribution in [-0.4, -0.2) is 22.6 Å². The molecule has 0 heterocycles. The molecule has 0 unspecified atom stereocenters. The second kappa shape index (κ2) is 4.50. The van der Waals surface area contributed by atoms with E-state index in [0.29, 0.717) is 5.56 Å². The topological polar surface area (TPSA) is 71.4 Å². The molecule has 0 aromatic heterocycles. The van der Waals surface area contributed by atoms with Crippen molar-refractivity contribution in [1.82, 2.24) is 0 Å². The van der Waals surface area contributed by atoms with Crippen molar-refractivity contribution in [3.8, 4) is 0 Å². The van der Waals surface area contributed by atoms with Gasteiger partial charge < -0.3 is 5.11 Å². The number of ketones is 2. The second-order valence-electron chi connectivity index (χ2n) is 3.13. The summed E-state index contributed by atoms with van der Waals surface area (Å²) in [6.45, 7) is 1.39. The summed E-state index contributed by atoms with van der Waals surface area (Å²) in [7, 11) is 0. The number of carboxylic acid groups (broad SMARTS) is 1. The van der Waals surface area contributed by atoms with Gasteiger partial charge in [-0.1, -0.05) is 18.2 Å². The van der Waals surface area contributed by atoms with Crippen molar-refractivity contribution in [2.24, 2.45) is 0 Å². The highest BCUT2D eigenvalue weighted by Gasteiger charge is 2.11. The molecule has 1 N–H and O–H groups in total. The first kappa shape index (κ1) is 11.1. The smallest absolute Gasteiger partial charge is 0.311 e. The van der Waals surface area contributed by atoms with E-state index in [0.717, 1.165) is 0 Å². The molecular formula is C11H10O4. The van der Waals surface area contributed by atoms with Crippen molar-refractivity contribution in [2.75, 3.05) is 0 Å². The van der Waals surface area contributed by atoms with E-state index >= 15 is 0 Å². The molecule has 0 atom stereocenters. The van der Waals surface area contributed by atoms with Crippen molar-refractivity contribution in [1.29, 1.82) is 0 Å². The molecule has 0 radical (unpaired) electrons. The van der Waals surface area contributed by atoms with Crippen LogP contribution in [0.2, 0.25) is 0 Å². The van der Waals surface area contributed by atoms with Crippen molar-refractivity contribution in [3.63, 3.8) is 0 Å². The van der Waals surface area contributed by atoms with Gasteiger partial charge in [-0.05, 0) is 13.0 Å². The number of carbonyl (C=O) groups is 3. The highest BCUT2D eigenvalue weighted by molar-refractivity contribution is 6.06. The zero-order valence-corrected chi connectivity index (χ0v) is 8.19. The Morgan fingerprint density at radius 1 is 1.20 bits per heavy atom. The van der Waals surface area contributed by atoms with Crippen molar-refractivity contribution < 1.29 is 19.5 Å². The summed E-state index contributed by atoms with van der Waals surface area (Å²) in [6.07, 6.45) is -0.554. The Morgan fingerprint density at radius 2 is 1.80 bits per heavy atom. The maximum Gasteiger partial charge on any atom is 0.311 e. The summed E-state index contributed by atoms with van der Waals surface area (Å²) in [6, 6.07) is 6.05. The first-order valence-corrected chi connectivity index (χ1v) is 4.36. The summed E-state index contributed by atoms with van der Waals surface area (Å²) in [5.41, 5.74) is 0.663. The molecule has 1 aromatic rings. The third kappa shape index (κ3) is 3.02. The van der Waals surface area contributed by atoms with Gasteiger partial charge in [0.25, 0.3) is 0 Å². The number of Topliss-reactive ketones (excluding diaryl/α,β-unsaturated/α-hetero) is 2. The van der Waals surface area contributed by atoms with Gasteiger partial charge in [0.05, 0.1) is 0 Å². The molecule has 4 heteroatoms. The Morgan fingerprint density at radius 3 is 2.33 bits per heavy atom. The first-order chi connectivity index (χ1) is 7.00. The molecule has 0 aliphatic rings. The first-order valence-electron chi connectivity index (χ1n) is 4.36. The van der Waals surface area contributed by atoms with Crippen LogP contribution in [0.15, 0.2) is 24.3 Å². The lowest BCUT2D eigenvalue weighted by Crippen LogP contribution is -2.07. The zero-order chi connectivity index (χ0) is 11.4. The van der Waals surface area contributed by atoms with Gasteiger partial charge >= 0.3 is 5.97 Å². The minimum absolute atomic E-state index is 0.153. The lowest BCUT2D eigenvalue weighted by molar-refractivity contribution is -0.135. The largest absolute Gasteiger partial charge is 0.481 e. The third-order valence-electron chi connectivity index (χ3n) is 1.90. The number of hydrogen-bond donors (Lipinski definition) is 1. The van der Waals surface area contributed by atoms with Gasteiger partial charge in [0.2, 0.25) is 0 Å². The standard InChI is InChI=1S/C11H10O4/c1-7(12)8-3-2-4-9(5-8)10(13)6-11(14)15/h2-5H,6H2,1H3,(H,14,15). The molecule has 15 heavy (non-hydrogen) atoms. The average Bonchev–Trinajstić information content (AvgIpc) is 2.17. The van der Waals surface area contributed by atoms with E-state index in [9.17, 15) is 14.4 Å². The molecule has 0 saturated heterocycles. The molecule has 0 saturated carbocycles. The summed E-state index contributed by atoms with van der Waals surface area (Å²) < 4.78 is 0. The van der Waals surface area contributed by atoms with Crippen LogP contribution in [-0.2, 0) is 4.79 Å². The second-order valence-corrected chi connectivity index (χ2v) is 3.13. The summed E-state index contributed by atoms with van der Waals surface area (Å²) >= 11 is 0. The van der Waals surface area contributed by atoms with Crippen LogP contribution in [0.5, 0.6) is 0 Å². The Labute approximate surface area is 86.5 Å². The lowest BCUT2D eigenvalue weighted by Gasteiger charge is -2.00. The van der Waals surface area contributed by atoms with Crippen LogP contribution in [0.3, 0.4) is 0 Å². The predicted molar refractivity (Wildman–Crippen MR) is 53.0 cm³/mol. The van der Waals surface area contributed by atoms with Gasteiger partial charge in [0.15, 0.2) is 11.6 Å². The summed E-state index contributed by atoms with van der Waals surface area (Å²) in [5.74, 6) is -1.82. The van der Waals surface area contributed by atoms with E-state index in [-0.39, 0.29) is 11.3 Å². The van der Waals surface area contributed by atoms with Gasteiger partial charge in [0, 0.05) is 11.1 Å². The minimum atomic E-state index is -1.17. The van der Waals surface area contributed by atoms with Crippen molar-refractivity contribution >= 4 is 17.5 Å². The average molecular weight is 206 g/mol. The SMILES string of the molecule is CC(=O)c1cccc(C(=O)CC(=O)O)c1. The normalized spacial score (nSPS) is 9.67. The summed E-state index contributed by atoms with van der Waals surface area (Å²) in [4.78, 5) is 32.7. The number of hydrogen-bond acceptors (Lipinski definition) is 3. The highest BCUT2D eigenvalue weighted by Crippen LogP contribution is 2.08. The van der Waals surface area contributed by atoms with E-state index in [1.54, 1.807) is 12.1 Å². The fraction of sp³-hybridized carbons (Fsp3) is 0.182. The zero-order valence-electron chi connectivity index (χ0n) is 8.19. The van der Waals surface area contributed by atoms with Gasteiger partial charge in [-0.3, -0.25) is 14.4 Å². The van der Waals surface area contributed by atoms with E-state index in [4.69, 9.17) is 5.11 Å². The Kier molecular flexibility index (Phi) is 3.33. The van der Waals surface area contributed by atoms with Crippen LogP contribution in [0.1, 0.15) is 34.1 Å². The lowest BCUT2D eigenvalue weighted by atomic mass is 10.0. The molecule has 0 aliphatic carbocycles. The van der Waals surface area contributed by atoms with Crippen LogP contribution in [0.4, 0.5) is 0 Å². The number of aliphatic carboxylic acids is 1. The fourth-order valence-corrected chi connectivity index (χ4v) is 1.15. The molecule has 0 spiro atoms. The number of carbonyl (C=O) groups excluding carboxylic acids is 2. The van der Waals surface area contributed by atoms with E-state index in [2.05, 4.69) is 0 Å². The molecule has 0 aliphatic heterocycles. The van der Waals surface area contributed by atoms with Gasteiger partial charge in [0.1, 0.15) is 6.42 Å². The van der Waals surface area contributed by atoms with E-state index < -0.39 is 18.2 Å². The van der Waals surface area contributed by atoms with E-state index in [1.807, 2.05) is 0 Å². The number of rotatable bonds is 4. The van der Waals surface area contributed by atoms with E-state index in [1.165, 1.54) is 19.1 Å². The Hall–Kier alpha value is -1.97. The Balaban J connectivity index is 2.95. The molecule has 1 rings (SSSR count). The van der Waals surface area contributed by atoms with Gasteiger partial charge in [-0.2, -0.15) is 0 Å². The molecular weight excluding hydrogens is 196 g/mol. The van der Waals surface area contributed by atoms with Gasteiger partial charge in [-0.25, -0.2) is 0 Å². The highest BCUT2D eigenvalue weighted by atomic mass is 16.4. The quantitative estimate of drug-likeness (QED) is 0.599. The van der Waals surface area contributed by atoms with Crippen LogP contribution in [0.25, 0.3) is 0 Å². The maximum atomic E-state index is 11.3. The minimum Gasteiger partial charge on any atom is -0.481 e. The maximum absolute atomic E-state index is 11.3. The number of carboxylic acids is 1. The fourth-order valence-electron chi connectivity index (χ4n) is 1.15. The van der Waals surface area contributed by atoms with Crippen LogP contribution >= 0.6 is 0 Å². The molecule has 1 aromatic carbocycles. The van der Waals surface area contributed by atoms with Gasteiger partial charge in [-0.15, -0.1) is 0 Å². The predicted octanol–water partition coefficient (Wildman–Crippen LogP) is 1.55.